The number of furan rings is 3. The van der Waals surface area contributed by atoms with E-state index >= 15 is 0 Å². The van der Waals surface area contributed by atoms with Gasteiger partial charge in [-0.2, -0.15) is 0 Å². The molecule has 0 saturated carbocycles. The van der Waals surface area contributed by atoms with Crippen LogP contribution in [0.5, 0.6) is 0 Å². The number of allylic oxidation sites excluding steroid dienone is 3. The summed E-state index contributed by atoms with van der Waals surface area (Å²) in [5.41, 5.74) is 8.75. The fraction of sp³-hybridized carbons (Fsp3) is 0.0270. The maximum absolute atomic E-state index is 6.72. The minimum absolute atomic E-state index is 0.736. The van der Waals surface area contributed by atoms with Gasteiger partial charge in [0.25, 0.3) is 0 Å². The third-order valence-electron chi connectivity index (χ3n) is 7.92. The Morgan fingerprint density at radius 3 is 1.98 bits per heavy atom. The molecular formula is C37H25NO3. The van der Waals surface area contributed by atoms with Gasteiger partial charge >= 0.3 is 0 Å². The van der Waals surface area contributed by atoms with Crippen LogP contribution in [-0.2, 0) is 0 Å². The van der Waals surface area contributed by atoms with E-state index in [4.69, 9.17) is 13.3 Å². The van der Waals surface area contributed by atoms with Crippen molar-refractivity contribution in [3.8, 4) is 0 Å². The Morgan fingerprint density at radius 1 is 0.610 bits per heavy atom. The van der Waals surface area contributed by atoms with Gasteiger partial charge in [0.1, 0.15) is 33.5 Å². The highest BCUT2D eigenvalue weighted by Gasteiger charge is 2.26. The molecule has 0 aliphatic rings. The molecule has 0 saturated heterocycles. The average Bonchev–Trinajstić information content (AvgIpc) is 3.68. The van der Waals surface area contributed by atoms with Gasteiger partial charge in [-0.3, -0.25) is 0 Å². The summed E-state index contributed by atoms with van der Waals surface area (Å²) in [4.78, 5) is 2.21. The lowest BCUT2D eigenvalue weighted by Gasteiger charge is -2.28. The number of rotatable bonds is 5. The molecule has 196 valence electrons. The topological polar surface area (TPSA) is 42.7 Å². The van der Waals surface area contributed by atoms with Gasteiger partial charge in [0.05, 0.1) is 16.5 Å². The lowest BCUT2D eigenvalue weighted by Crippen LogP contribution is -2.16. The molecule has 41 heavy (non-hydrogen) atoms. The summed E-state index contributed by atoms with van der Waals surface area (Å²) in [5, 5.41) is 6.03. The van der Waals surface area contributed by atoms with Crippen LogP contribution < -0.4 is 4.90 Å². The van der Waals surface area contributed by atoms with Gasteiger partial charge in [-0.05, 0) is 55.0 Å². The van der Waals surface area contributed by atoms with Gasteiger partial charge in [-0.15, -0.1) is 0 Å². The van der Waals surface area contributed by atoms with Crippen LogP contribution in [0, 0.1) is 6.92 Å². The van der Waals surface area contributed by atoms with E-state index in [0.29, 0.717) is 0 Å². The first-order valence-corrected chi connectivity index (χ1v) is 13.6. The molecule has 0 fully saturated rings. The van der Waals surface area contributed by atoms with Crippen molar-refractivity contribution in [2.75, 3.05) is 4.90 Å². The second-order valence-electron chi connectivity index (χ2n) is 10.2. The van der Waals surface area contributed by atoms with Crippen molar-refractivity contribution in [3.05, 3.63) is 134 Å². The van der Waals surface area contributed by atoms with Gasteiger partial charge in [0.15, 0.2) is 0 Å². The number of anilines is 2. The number of para-hydroxylation sites is 3. The number of aryl methyl sites for hydroxylation is 1. The summed E-state index contributed by atoms with van der Waals surface area (Å²) in [5.74, 6) is 0. The monoisotopic (exact) mass is 531 g/mol. The van der Waals surface area contributed by atoms with E-state index in [9.17, 15) is 0 Å². The van der Waals surface area contributed by atoms with Crippen molar-refractivity contribution >= 4 is 77.2 Å². The highest BCUT2D eigenvalue weighted by molar-refractivity contribution is 6.33. The molecule has 8 aromatic rings. The second kappa shape index (κ2) is 8.77. The lowest BCUT2D eigenvalue weighted by molar-refractivity contribution is 0.660. The maximum Gasteiger partial charge on any atom is 0.149 e. The van der Waals surface area contributed by atoms with Crippen molar-refractivity contribution in [1.29, 1.82) is 0 Å². The van der Waals surface area contributed by atoms with Crippen LogP contribution in [0.25, 0.3) is 65.8 Å². The van der Waals surface area contributed by atoms with Crippen LogP contribution in [0.15, 0.2) is 141 Å². The molecule has 3 aromatic heterocycles. The van der Waals surface area contributed by atoms with Gasteiger partial charge in [0, 0.05) is 39.0 Å². The molecule has 0 atom stereocenters. The van der Waals surface area contributed by atoms with Crippen LogP contribution in [0.2, 0.25) is 0 Å². The van der Waals surface area contributed by atoms with Gasteiger partial charge < -0.3 is 18.2 Å². The van der Waals surface area contributed by atoms with Crippen molar-refractivity contribution < 1.29 is 13.3 Å². The zero-order valence-electron chi connectivity index (χ0n) is 22.5. The van der Waals surface area contributed by atoms with Crippen molar-refractivity contribution in [3.63, 3.8) is 0 Å². The molecule has 4 nitrogen and oxygen atoms in total. The van der Waals surface area contributed by atoms with E-state index in [1.807, 2.05) is 66.7 Å². The average molecular weight is 532 g/mol. The molecule has 0 aliphatic carbocycles. The largest absolute Gasteiger partial charge is 0.456 e. The van der Waals surface area contributed by atoms with E-state index < -0.39 is 0 Å². The molecule has 0 unspecified atom stereocenters. The van der Waals surface area contributed by atoms with Crippen LogP contribution in [-0.4, -0.2) is 0 Å². The zero-order chi connectivity index (χ0) is 27.7. The standard InChI is InChI=1S/C37H25NO3/c1-4-12-23(5-2)38(26-16-9-6-13-22(26)3)27-21-32-36(37-33(27)24-14-7-11-18-29(24)41-37)35-31(40-32)20-19-30-34(35)25-15-8-10-17-28(25)39-30/h4-21H,1-2H2,3H3/b23-12+. The summed E-state index contributed by atoms with van der Waals surface area (Å²) >= 11 is 0. The smallest absolute Gasteiger partial charge is 0.149 e. The molecule has 8 rings (SSSR count). The Bertz CT molecular complexity index is 2380. The lowest BCUT2D eigenvalue weighted by atomic mass is 10.0. The van der Waals surface area contributed by atoms with E-state index in [1.165, 1.54) is 0 Å². The molecule has 0 N–H and O–H groups in total. The number of fused-ring (bicyclic) bond motifs is 11. The predicted octanol–water partition coefficient (Wildman–Crippen LogP) is 11.1. The summed E-state index contributed by atoms with van der Waals surface area (Å²) in [6.45, 7) is 10.2. The Morgan fingerprint density at radius 2 is 1.24 bits per heavy atom. The van der Waals surface area contributed by atoms with E-state index in [0.717, 1.165) is 88.5 Å². The van der Waals surface area contributed by atoms with Gasteiger partial charge in [0.2, 0.25) is 0 Å². The maximum atomic E-state index is 6.72. The number of nitrogens with zero attached hydrogens (tertiary/aromatic N) is 1. The molecule has 0 radical (unpaired) electrons. The minimum atomic E-state index is 0.736. The van der Waals surface area contributed by atoms with Crippen LogP contribution in [0.4, 0.5) is 11.4 Å². The molecule has 5 aromatic carbocycles. The molecule has 0 spiro atoms. The van der Waals surface area contributed by atoms with Crippen molar-refractivity contribution in [2.45, 2.75) is 6.92 Å². The molecular weight excluding hydrogens is 506 g/mol. The molecule has 4 heteroatoms. The number of hydrogen-bond acceptors (Lipinski definition) is 4. The molecule has 0 aliphatic heterocycles. The highest BCUT2D eigenvalue weighted by atomic mass is 16.3. The second-order valence-corrected chi connectivity index (χ2v) is 10.2. The fourth-order valence-electron chi connectivity index (χ4n) is 6.18. The summed E-state index contributed by atoms with van der Waals surface area (Å²) < 4.78 is 19.6. The number of benzene rings is 5. The summed E-state index contributed by atoms with van der Waals surface area (Å²) in [6.07, 6.45) is 5.61. The minimum Gasteiger partial charge on any atom is -0.456 e. The highest BCUT2D eigenvalue weighted by Crippen LogP contribution is 2.49. The van der Waals surface area contributed by atoms with E-state index in [-0.39, 0.29) is 0 Å². The van der Waals surface area contributed by atoms with Crippen LogP contribution in [0.3, 0.4) is 0 Å². The summed E-state index contributed by atoms with van der Waals surface area (Å²) in [6, 6.07) is 30.7. The van der Waals surface area contributed by atoms with Crippen LogP contribution in [0.1, 0.15) is 5.56 Å². The van der Waals surface area contributed by atoms with E-state index in [1.54, 1.807) is 6.08 Å². The van der Waals surface area contributed by atoms with E-state index in [2.05, 4.69) is 61.4 Å². The van der Waals surface area contributed by atoms with Gasteiger partial charge in [-0.1, -0.05) is 73.8 Å². The Hall–Kier alpha value is -5.48. The first kappa shape index (κ1) is 23.4. The first-order chi connectivity index (χ1) is 20.2. The van der Waals surface area contributed by atoms with Crippen molar-refractivity contribution in [2.24, 2.45) is 0 Å². The molecule has 3 heterocycles. The molecule has 0 bridgehead atoms. The number of hydrogen-bond donors (Lipinski definition) is 0. The Labute approximate surface area is 235 Å². The quantitative estimate of drug-likeness (QED) is 0.207. The van der Waals surface area contributed by atoms with Gasteiger partial charge in [-0.25, -0.2) is 0 Å². The summed E-state index contributed by atoms with van der Waals surface area (Å²) in [7, 11) is 0. The first-order valence-electron chi connectivity index (χ1n) is 13.6. The third-order valence-corrected chi connectivity index (χ3v) is 7.92. The zero-order valence-corrected chi connectivity index (χ0v) is 22.5. The van der Waals surface area contributed by atoms with Crippen LogP contribution >= 0.6 is 0 Å². The predicted molar refractivity (Wildman–Crippen MR) is 170 cm³/mol. The van der Waals surface area contributed by atoms with Crippen molar-refractivity contribution in [1.82, 2.24) is 0 Å². The third kappa shape index (κ3) is 3.28. The fourth-order valence-corrected chi connectivity index (χ4v) is 6.18. The molecule has 0 amide bonds. The normalized spacial score (nSPS) is 12.4. The SMILES string of the molecule is C=C/C=C(\C=C)N(c1ccccc1C)c1cc2oc3ccc4oc5ccccc5c4c3c2c2oc3ccccc3c12. The Balaban J connectivity index is 1.60. The Kier molecular flexibility index (Phi) is 5.01.